The Kier molecular flexibility index (Phi) is 2.50. The zero-order chi connectivity index (χ0) is 11.7. The molecule has 0 saturated carbocycles. The summed E-state index contributed by atoms with van der Waals surface area (Å²) in [6.07, 6.45) is 0. The average Bonchev–Trinajstić information content (AvgIpc) is 2.58. The number of H-pyrrole nitrogens is 2. The number of nitrogens with zero attached hydrogens (tertiary/aromatic N) is 2. The quantitative estimate of drug-likeness (QED) is 0.796. The number of hydrogen-bond acceptors (Lipinski definition) is 3. The van der Waals surface area contributed by atoms with Crippen molar-refractivity contribution in [3.8, 4) is 11.8 Å². The molecular formula is C9H5BrN4O2. The van der Waals surface area contributed by atoms with Crippen molar-refractivity contribution in [2.24, 2.45) is 0 Å². The van der Waals surface area contributed by atoms with E-state index >= 15 is 0 Å². The summed E-state index contributed by atoms with van der Waals surface area (Å²) in [5, 5.41) is 13.2. The van der Waals surface area contributed by atoms with E-state index in [-0.39, 0.29) is 11.3 Å². The van der Waals surface area contributed by atoms with Crippen LogP contribution >= 0.6 is 15.9 Å². The van der Waals surface area contributed by atoms with Crippen LogP contribution in [-0.4, -0.2) is 14.8 Å². The summed E-state index contributed by atoms with van der Waals surface area (Å²) in [5.74, 6) is 0. The van der Waals surface area contributed by atoms with Gasteiger partial charge in [-0.25, -0.2) is 24.4 Å². The van der Waals surface area contributed by atoms with E-state index in [0.29, 0.717) is 4.47 Å². The first-order valence-corrected chi connectivity index (χ1v) is 5.02. The third-order valence-electron chi connectivity index (χ3n) is 2.00. The molecule has 0 spiro atoms. The highest BCUT2D eigenvalue weighted by Gasteiger charge is 2.10. The highest BCUT2D eigenvalue weighted by Crippen LogP contribution is 2.17. The van der Waals surface area contributed by atoms with Gasteiger partial charge in [0.25, 0.3) is 0 Å². The average molecular weight is 281 g/mol. The number of aromatic nitrogens is 3. The summed E-state index contributed by atoms with van der Waals surface area (Å²) < 4.78 is 1.54. The summed E-state index contributed by atoms with van der Waals surface area (Å²) in [7, 11) is 0. The van der Waals surface area contributed by atoms with E-state index in [9.17, 15) is 9.59 Å². The Morgan fingerprint density at radius 2 is 1.88 bits per heavy atom. The molecule has 1 aromatic carbocycles. The van der Waals surface area contributed by atoms with E-state index in [1.807, 2.05) is 6.07 Å². The van der Waals surface area contributed by atoms with Gasteiger partial charge in [-0.2, -0.15) is 5.26 Å². The molecule has 0 saturated heterocycles. The Morgan fingerprint density at radius 3 is 2.44 bits per heavy atom. The first kappa shape index (κ1) is 10.4. The van der Waals surface area contributed by atoms with Crippen LogP contribution in [0.2, 0.25) is 0 Å². The molecule has 0 bridgehead atoms. The van der Waals surface area contributed by atoms with Crippen LogP contribution in [0.4, 0.5) is 0 Å². The van der Waals surface area contributed by atoms with E-state index in [2.05, 4.69) is 26.1 Å². The minimum atomic E-state index is -0.611. The maximum atomic E-state index is 11.4. The van der Waals surface area contributed by atoms with Gasteiger partial charge in [0.05, 0.1) is 11.3 Å². The van der Waals surface area contributed by atoms with Crippen LogP contribution in [0, 0.1) is 11.3 Å². The van der Waals surface area contributed by atoms with Crippen molar-refractivity contribution in [1.82, 2.24) is 14.8 Å². The molecular weight excluding hydrogens is 276 g/mol. The van der Waals surface area contributed by atoms with Crippen molar-refractivity contribution in [2.45, 2.75) is 0 Å². The first-order valence-electron chi connectivity index (χ1n) is 4.23. The van der Waals surface area contributed by atoms with Gasteiger partial charge in [-0.3, -0.25) is 0 Å². The van der Waals surface area contributed by atoms with Crippen LogP contribution in [0.1, 0.15) is 5.56 Å². The molecule has 0 atom stereocenters. The monoisotopic (exact) mass is 280 g/mol. The van der Waals surface area contributed by atoms with Crippen LogP contribution in [0.15, 0.2) is 32.3 Å². The number of nitriles is 1. The molecule has 6 nitrogen and oxygen atoms in total. The molecule has 0 amide bonds. The molecule has 0 aliphatic carbocycles. The summed E-state index contributed by atoms with van der Waals surface area (Å²) in [5.41, 5.74) is -0.737. The Hall–Kier alpha value is -2.07. The third-order valence-corrected chi connectivity index (χ3v) is 2.50. The predicted octanol–water partition coefficient (Wildman–Crippen LogP) is 0.488. The third kappa shape index (κ3) is 1.59. The summed E-state index contributed by atoms with van der Waals surface area (Å²) in [6, 6.07) is 6.64. The van der Waals surface area contributed by atoms with Gasteiger partial charge in [0.1, 0.15) is 6.07 Å². The minimum absolute atomic E-state index is 0.240. The second-order valence-corrected chi connectivity index (χ2v) is 3.88. The lowest BCUT2D eigenvalue weighted by Crippen LogP contribution is -2.25. The fourth-order valence-electron chi connectivity index (χ4n) is 1.31. The number of aromatic amines is 2. The van der Waals surface area contributed by atoms with Gasteiger partial charge in [0, 0.05) is 4.47 Å². The topological polar surface area (TPSA) is 94.4 Å². The van der Waals surface area contributed by atoms with Crippen molar-refractivity contribution in [3.63, 3.8) is 0 Å². The Labute approximate surface area is 97.3 Å². The van der Waals surface area contributed by atoms with Gasteiger partial charge in [-0.1, -0.05) is 15.9 Å². The lowest BCUT2D eigenvalue weighted by atomic mass is 10.2. The van der Waals surface area contributed by atoms with Crippen molar-refractivity contribution in [3.05, 3.63) is 49.2 Å². The van der Waals surface area contributed by atoms with E-state index in [1.54, 1.807) is 6.07 Å². The molecule has 7 heteroatoms. The maximum Gasteiger partial charge on any atom is 0.349 e. The second kappa shape index (κ2) is 3.83. The smallest absolute Gasteiger partial charge is 0.247 e. The fourth-order valence-corrected chi connectivity index (χ4v) is 1.66. The van der Waals surface area contributed by atoms with E-state index in [0.717, 1.165) is 4.57 Å². The van der Waals surface area contributed by atoms with E-state index < -0.39 is 11.4 Å². The van der Waals surface area contributed by atoms with E-state index in [4.69, 9.17) is 5.26 Å². The predicted molar refractivity (Wildman–Crippen MR) is 59.4 cm³/mol. The molecule has 1 heterocycles. The SMILES string of the molecule is N#Cc1ccc(Br)cc1-n1c(=O)[nH][nH]c1=O. The van der Waals surface area contributed by atoms with Gasteiger partial charge in [0.2, 0.25) is 0 Å². The van der Waals surface area contributed by atoms with Crippen molar-refractivity contribution >= 4 is 15.9 Å². The highest BCUT2D eigenvalue weighted by atomic mass is 79.9. The summed E-state index contributed by atoms with van der Waals surface area (Å²) in [6.45, 7) is 0. The lowest BCUT2D eigenvalue weighted by Gasteiger charge is -2.02. The van der Waals surface area contributed by atoms with Gasteiger partial charge >= 0.3 is 11.4 Å². The normalized spacial score (nSPS) is 10.0. The maximum absolute atomic E-state index is 11.4. The van der Waals surface area contributed by atoms with Crippen molar-refractivity contribution < 1.29 is 0 Å². The number of benzene rings is 1. The number of nitrogens with one attached hydrogen (secondary N) is 2. The van der Waals surface area contributed by atoms with Crippen molar-refractivity contribution in [2.75, 3.05) is 0 Å². The number of halogens is 1. The molecule has 2 N–H and O–H groups in total. The van der Waals surface area contributed by atoms with E-state index in [1.165, 1.54) is 12.1 Å². The molecule has 1 aromatic heterocycles. The van der Waals surface area contributed by atoms with Gasteiger partial charge < -0.3 is 0 Å². The van der Waals surface area contributed by atoms with Gasteiger partial charge in [-0.15, -0.1) is 0 Å². The van der Waals surface area contributed by atoms with Crippen molar-refractivity contribution in [1.29, 1.82) is 5.26 Å². The Morgan fingerprint density at radius 1 is 1.25 bits per heavy atom. The van der Waals surface area contributed by atoms with Crippen LogP contribution in [0.5, 0.6) is 0 Å². The lowest BCUT2D eigenvalue weighted by molar-refractivity contribution is 0.946. The van der Waals surface area contributed by atoms with Crippen LogP contribution in [0.3, 0.4) is 0 Å². The number of hydrogen-bond donors (Lipinski definition) is 2. The van der Waals surface area contributed by atoms with Crippen LogP contribution in [0.25, 0.3) is 5.69 Å². The molecule has 0 aliphatic heterocycles. The summed E-state index contributed by atoms with van der Waals surface area (Å²) in [4.78, 5) is 22.7. The number of rotatable bonds is 1. The highest BCUT2D eigenvalue weighted by molar-refractivity contribution is 9.10. The Balaban J connectivity index is 2.84. The molecule has 0 aliphatic rings. The zero-order valence-corrected chi connectivity index (χ0v) is 9.41. The molecule has 0 unspecified atom stereocenters. The second-order valence-electron chi connectivity index (χ2n) is 2.97. The first-order chi connectivity index (χ1) is 7.63. The summed E-state index contributed by atoms with van der Waals surface area (Å²) >= 11 is 3.21. The molecule has 80 valence electrons. The zero-order valence-electron chi connectivity index (χ0n) is 7.82. The standard InChI is InChI=1S/C9H5BrN4O2/c10-6-2-1-5(4-11)7(3-6)14-8(15)12-13-9(14)16/h1-3H,(H,12,15)(H,13,16). The molecule has 2 aromatic rings. The fraction of sp³-hybridized carbons (Fsp3) is 0. The molecule has 0 fully saturated rings. The van der Waals surface area contributed by atoms with Crippen LogP contribution in [-0.2, 0) is 0 Å². The van der Waals surface area contributed by atoms with Gasteiger partial charge in [0.15, 0.2) is 0 Å². The molecule has 0 radical (unpaired) electrons. The Bertz CT molecular complexity index is 661. The largest absolute Gasteiger partial charge is 0.349 e. The minimum Gasteiger partial charge on any atom is -0.247 e. The van der Waals surface area contributed by atoms with Crippen LogP contribution < -0.4 is 11.4 Å². The molecule has 2 rings (SSSR count). The van der Waals surface area contributed by atoms with Gasteiger partial charge in [-0.05, 0) is 18.2 Å². The molecule has 16 heavy (non-hydrogen) atoms.